The highest BCUT2D eigenvalue weighted by Gasteiger charge is 2.35. The second-order valence-corrected chi connectivity index (χ2v) is 9.41. The highest BCUT2D eigenvalue weighted by molar-refractivity contribution is 6.31. The summed E-state index contributed by atoms with van der Waals surface area (Å²) >= 11 is 5.90. The summed E-state index contributed by atoms with van der Waals surface area (Å²) in [7, 11) is 0. The van der Waals surface area contributed by atoms with Gasteiger partial charge >= 0.3 is 0 Å². The van der Waals surface area contributed by atoms with E-state index in [1.165, 1.54) is 37.8 Å². The van der Waals surface area contributed by atoms with Crippen LogP contribution < -0.4 is 0 Å². The fourth-order valence-electron chi connectivity index (χ4n) is 5.18. The van der Waals surface area contributed by atoms with Gasteiger partial charge in [0.25, 0.3) is 0 Å². The summed E-state index contributed by atoms with van der Waals surface area (Å²) in [6, 6.07) is 9.17. The van der Waals surface area contributed by atoms with Crippen LogP contribution >= 0.6 is 11.6 Å². The predicted molar refractivity (Wildman–Crippen MR) is 142 cm³/mol. The number of carbonyl (C=O) groups excluding carboxylic acids is 2. The molecule has 7 heteroatoms. The van der Waals surface area contributed by atoms with Crippen molar-refractivity contribution in [2.45, 2.75) is 84.5 Å². The van der Waals surface area contributed by atoms with Gasteiger partial charge in [-0.1, -0.05) is 63.1 Å². The molecule has 2 unspecified atom stereocenters. The molecule has 2 fully saturated rings. The Labute approximate surface area is 215 Å². The van der Waals surface area contributed by atoms with Crippen LogP contribution in [0.4, 0.5) is 0 Å². The molecule has 35 heavy (non-hydrogen) atoms. The number of aromatic nitrogens is 2. The summed E-state index contributed by atoms with van der Waals surface area (Å²) in [5, 5.41) is 0.893. The second-order valence-electron chi connectivity index (χ2n) is 9.01. The van der Waals surface area contributed by atoms with Crippen LogP contribution in [-0.4, -0.2) is 56.7 Å². The Bertz CT molecular complexity index is 1000. The van der Waals surface area contributed by atoms with Crippen molar-refractivity contribution in [3.05, 3.63) is 64.7 Å². The molecule has 0 N–H and O–H groups in total. The summed E-state index contributed by atoms with van der Waals surface area (Å²) in [6.45, 7) is 9.08. The van der Waals surface area contributed by atoms with Crippen molar-refractivity contribution in [2.24, 2.45) is 0 Å². The van der Waals surface area contributed by atoms with Gasteiger partial charge in [0.05, 0.1) is 12.7 Å². The standard InChI is InChI=1S/C17H22N4O2.C9H11Cl.C2H6/c22-12-15-10-18-16-11-19(8-9-21(15)16)17(23)6-5-14-4-3-13-2-1-7-20(13)14;1-2-5-8-6-3-4-7-9(8)10;1-2/h5-6,10,12-14H,1-4,7-9,11H2;3-4,6-7H,2,5H2,1H3;1-2H3/b6-5+;;. The van der Waals surface area contributed by atoms with E-state index in [0.717, 1.165) is 36.0 Å². The minimum atomic E-state index is 0.0505. The molecule has 1 aromatic heterocycles. The van der Waals surface area contributed by atoms with Crippen molar-refractivity contribution in [3.63, 3.8) is 0 Å². The normalized spacial score (nSPS) is 21.0. The van der Waals surface area contributed by atoms with Crippen molar-refractivity contribution in [1.82, 2.24) is 19.4 Å². The molecule has 3 aliphatic rings. The number of nitrogens with zero attached hydrogens (tertiary/aromatic N) is 4. The maximum atomic E-state index is 12.4. The van der Waals surface area contributed by atoms with Crippen molar-refractivity contribution < 1.29 is 9.59 Å². The first-order chi connectivity index (χ1) is 17.1. The summed E-state index contributed by atoms with van der Waals surface area (Å²) in [5.41, 5.74) is 1.85. The van der Waals surface area contributed by atoms with E-state index in [2.05, 4.69) is 29.0 Å². The Morgan fingerprint density at radius 1 is 1.14 bits per heavy atom. The zero-order valence-corrected chi connectivity index (χ0v) is 22.1. The molecule has 6 nitrogen and oxygen atoms in total. The van der Waals surface area contributed by atoms with Gasteiger partial charge in [-0.15, -0.1) is 0 Å². The van der Waals surface area contributed by atoms with Crippen LogP contribution in [0.3, 0.4) is 0 Å². The molecule has 0 radical (unpaired) electrons. The molecule has 2 aromatic rings. The van der Waals surface area contributed by atoms with Crippen LogP contribution in [0.5, 0.6) is 0 Å². The number of imidazole rings is 1. The van der Waals surface area contributed by atoms with Gasteiger partial charge < -0.3 is 9.47 Å². The predicted octanol–water partition coefficient (Wildman–Crippen LogP) is 5.54. The number of fused-ring (bicyclic) bond motifs is 2. The monoisotopic (exact) mass is 498 g/mol. The van der Waals surface area contributed by atoms with E-state index in [1.54, 1.807) is 12.3 Å². The number of hydrogen-bond donors (Lipinski definition) is 0. The average molecular weight is 499 g/mol. The topological polar surface area (TPSA) is 58.4 Å². The lowest BCUT2D eigenvalue weighted by Crippen LogP contribution is -2.38. The molecule has 0 aliphatic carbocycles. The molecule has 190 valence electrons. The summed E-state index contributed by atoms with van der Waals surface area (Å²) < 4.78 is 1.90. The largest absolute Gasteiger partial charge is 0.330 e. The second kappa shape index (κ2) is 13.6. The van der Waals surface area contributed by atoms with Crippen LogP contribution in [0.25, 0.3) is 0 Å². The Morgan fingerprint density at radius 2 is 1.94 bits per heavy atom. The number of amides is 1. The van der Waals surface area contributed by atoms with Gasteiger partial charge in [-0.2, -0.15) is 0 Å². The van der Waals surface area contributed by atoms with E-state index in [9.17, 15) is 9.59 Å². The van der Waals surface area contributed by atoms with Crippen LogP contribution in [-0.2, 0) is 24.3 Å². The lowest BCUT2D eigenvalue weighted by molar-refractivity contribution is -0.127. The van der Waals surface area contributed by atoms with E-state index in [1.807, 2.05) is 41.5 Å². The summed E-state index contributed by atoms with van der Waals surface area (Å²) in [6.07, 6.45) is 13.5. The van der Waals surface area contributed by atoms with E-state index >= 15 is 0 Å². The Kier molecular flexibility index (Phi) is 10.5. The molecule has 2 saturated heterocycles. The molecule has 2 atom stereocenters. The zero-order valence-electron chi connectivity index (χ0n) is 21.3. The molecule has 5 rings (SSSR count). The third kappa shape index (κ3) is 6.83. The lowest BCUT2D eigenvalue weighted by atomic mass is 10.1. The minimum absolute atomic E-state index is 0.0505. The third-order valence-corrected chi connectivity index (χ3v) is 7.28. The number of hydrogen-bond acceptors (Lipinski definition) is 4. The van der Waals surface area contributed by atoms with Crippen LogP contribution in [0.2, 0.25) is 5.02 Å². The average Bonchev–Trinajstić information content (AvgIpc) is 3.62. The first-order valence-electron chi connectivity index (χ1n) is 13.1. The highest BCUT2D eigenvalue weighted by Crippen LogP contribution is 2.32. The lowest BCUT2D eigenvalue weighted by Gasteiger charge is -2.27. The van der Waals surface area contributed by atoms with E-state index < -0.39 is 0 Å². The van der Waals surface area contributed by atoms with Crippen LogP contribution in [0.1, 0.15) is 74.8 Å². The Morgan fingerprint density at radius 3 is 2.69 bits per heavy atom. The van der Waals surface area contributed by atoms with Gasteiger partial charge in [0, 0.05) is 36.3 Å². The Balaban J connectivity index is 0.000000240. The SMILES string of the molecule is CC.CCCc1ccccc1Cl.O=Cc1cnc2n1CCN(C(=O)/C=C/C1CCC3CCCN13)C2. The maximum Gasteiger partial charge on any atom is 0.246 e. The molecular formula is C28H39ClN4O2. The van der Waals surface area contributed by atoms with Crippen LogP contribution in [0, 0.1) is 0 Å². The minimum Gasteiger partial charge on any atom is -0.330 e. The zero-order chi connectivity index (χ0) is 25.2. The molecule has 1 aromatic carbocycles. The fraction of sp³-hybridized carbons (Fsp3) is 0.536. The van der Waals surface area contributed by atoms with Crippen molar-refractivity contribution >= 4 is 23.8 Å². The molecule has 0 bridgehead atoms. The molecule has 3 aliphatic heterocycles. The number of aryl methyl sites for hydroxylation is 1. The maximum absolute atomic E-state index is 12.4. The van der Waals surface area contributed by atoms with Gasteiger partial charge in [0.1, 0.15) is 11.5 Å². The number of benzene rings is 1. The number of aldehydes is 1. The van der Waals surface area contributed by atoms with Gasteiger partial charge in [-0.3, -0.25) is 14.5 Å². The smallest absolute Gasteiger partial charge is 0.246 e. The highest BCUT2D eigenvalue weighted by atomic mass is 35.5. The molecule has 0 saturated carbocycles. The first-order valence-corrected chi connectivity index (χ1v) is 13.4. The molecule has 1 amide bonds. The number of halogens is 1. The van der Waals surface area contributed by atoms with Gasteiger partial charge in [0.15, 0.2) is 6.29 Å². The molecular weight excluding hydrogens is 460 g/mol. The summed E-state index contributed by atoms with van der Waals surface area (Å²) in [4.78, 5) is 32.0. The fourth-order valence-corrected chi connectivity index (χ4v) is 5.41. The van der Waals surface area contributed by atoms with Crippen molar-refractivity contribution in [1.29, 1.82) is 0 Å². The molecule has 0 spiro atoms. The van der Waals surface area contributed by atoms with Crippen molar-refractivity contribution in [2.75, 3.05) is 13.1 Å². The van der Waals surface area contributed by atoms with Crippen LogP contribution in [0.15, 0.2) is 42.6 Å². The van der Waals surface area contributed by atoms with Gasteiger partial charge in [-0.25, -0.2) is 4.98 Å². The van der Waals surface area contributed by atoms with Gasteiger partial charge in [0.2, 0.25) is 5.91 Å². The number of rotatable bonds is 5. The van der Waals surface area contributed by atoms with E-state index in [-0.39, 0.29) is 5.91 Å². The van der Waals surface area contributed by atoms with Gasteiger partial charge in [-0.05, 0) is 50.3 Å². The Hall–Kier alpha value is -2.44. The number of carbonyl (C=O) groups is 2. The van der Waals surface area contributed by atoms with Crippen molar-refractivity contribution in [3.8, 4) is 0 Å². The first kappa shape index (κ1) is 27.2. The van der Waals surface area contributed by atoms with E-state index in [0.29, 0.717) is 31.4 Å². The quantitative estimate of drug-likeness (QED) is 0.401. The van der Waals surface area contributed by atoms with E-state index in [4.69, 9.17) is 11.6 Å². The summed E-state index contributed by atoms with van der Waals surface area (Å²) in [5.74, 6) is 0.843. The molecule has 4 heterocycles. The third-order valence-electron chi connectivity index (χ3n) is 6.91.